The second-order valence-electron chi connectivity index (χ2n) is 5.45. The van der Waals surface area contributed by atoms with Gasteiger partial charge < -0.3 is 4.74 Å². The highest BCUT2D eigenvalue weighted by Gasteiger charge is 2.15. The average molecular weight is 344 g/mol. The van der Waals surface area contributed by atoms with Crippen molar-refractivity contribution in [3.05, 3.63) is 45.2 Å². The number of carbonyl (C=O) groups excluding carboxylic acids is 2. The van der Waals surface area contributed by atoms with E-state index in [0.717, 1.165) is 16.3 Å². The third-order valence-electron chi connectivity index (χ3n) is 3.34. The Balaban J connectivity index is 1.62. The van der Waals surface area contributed by atoms with E-state index >= 15 is 0 Å². The molecule has 3 aromatic heterocycles. The number of aryl methyl sites for hydroxylation is 3. The first-order chi connectivity index (χ1) is 11.4. The number of ketones is 1. The Morgan fingerprint density at radius 3 is 2.71 bits per heavy atom. The van der Waals surface area contributed by atoms with Crippen molar-refractivity contribution in [3.63, 3.8) is 0 Å². The number of hydrogen-bond acceptors (Lipinski definition) is 7. The minimum atomic E-state index is -0.540. The molecule has 0 unspecified atom stereocenters. The van der Waals surface area contributed by atoms with Gasteiger partial charge in [0.2, 0.25) is 5.78 Å². The van der Waals surface area contributed by atoms with Gasteiger partial charge in [0.15, 0.2) is 12.4 Å². The molecule has 0 atom stereocenters. The van der Waals surface area contributed by atoms with Crippen LogP contribution in [-0.2, 0) is 16.0 Å². The fourth-order valence-corrected chi connectivity index (χ4v) is 3.06. The minimum absolute atomic E-state index is 0.0986. The van der Waals surface area contributed by atoms with Gasteiger partial charge in [0, 0.05) is 16.3 Å². The summed E-state index contributed by atoms with van der Waals surface area (Å²) >= 11 is 1.38. The van der Waals surface area contributed by atoms with Crippen molar-refractivity contribution in [2.24, 2.45) is 0 Å². The fourth-order valence-electron chi connectivity index (χ4n) is 2.26. The van der Waals surface area contributed by atoms with E-state index in [0.29, 0.717) is 16.5 Å². The number of ether oxygens (including phenoxy) is 1. The van der Waals surface area contributed by atoms with Crippen LogP contribution in [-0.4, -0.2) is 37.9 Å². The normalized spacial score (nSPS) is 11.0. The number of thiophene rings is 1. The zero-order chi connectivity index (χ0) is 17.3. The van der Waals surface area contributed by atoms with Gasteiger partial charge in [-0.05, 0) is 39.0 Å². The molecule has 0 fully saturated rings. The minimum Gasteiger partial charge on any atom is -0.457 e. The number of carbonyl (C=O) groups is 2. The van der Waals surface area contributed by atoms with Gasteiger partial charge in [0.1, 0.15) is 6.42 Å². The Morgan fingerprint density at radius 2 is 2.00 bits per heavy atom. The number of hydrogen-bond donors (Lipinski definition) is 0. The number of Topliss-reactive ketones (excluding diaryl/α,β-unsaturated/α-hetero) is 1. The van der Waals surface area contributed by atoms with Crippen LogP contribution in [0.25, 0.3) is 5.78 Å². The van der Waals surface area contributed by atoms with Crippen LogP contribution in [0.15, 0.2) is 18.2 Å². The summed E-state index contributed by atoms with van der Waals surface area (Å²) in [4.78, 5) is 33.9. The van der Waals surface area contributed by atoms with Crippen molar-refractivity contribution < 1.29 is 14.3 Å². The predicted molar refractivity (Wildman–Crippen MR) is 88.3 cm³/mol. The molecule has 0 saturated carbocycles. The van der Waals surface area contributed by atoms with Crippen molar-refractivity contribution in [1.82, 2.24) is 19.6 Å². The molecule has 0 saturated heterocycles. The number of nitrogens with zero attached hydrogens (tertiary/aromatic N) is 4. The van der Waals surface area contributed by atoms with Crippen LogP contribution in [0.1, 0.15) is 31.8 Å². The van der Waals surface area contributed by atoms with Crippen LogP contribution in [0.2, 0.25) is 0 Å². The summed E-state index contributed by atoms with van der Waals surface area (Å²) in [6.07, 6.45) is -0.0986. The summed E-state index contributed by atoms with van der Waals surface area (Å²) in [5.74, 6) is 0.0144. The molecule has 3 rings (SSSR count). The third kappa shape index (κ3) is 3.48. The first-order valence-electron chi connectivity index (χ1n) is 7.37. The molecule has 3 aromatic rings. The zero-order valence-corrected chi connectivity index (χ0v) is 14.4. The molecule has 124 valence electrons. The lowest BCUT2D eigenvalue weighted by Gasteiger charge is -2.01. The zero-order valence-electron chi connectivity index (χ0n) is 13.6. The predicted octanol–water partition coefficient (Wildman–Crippen LogP) is 2.08. The van der Waals surface area contributed by atoms with E-state index in [1.807, 2.05) is 32.9 Å². The Labute approximate surface area is 142 Å². The maximum absolute atomic E-state index is 11.9. The number of aromatic nitrogens is 4. The molecule has 0 bridgehead atoms. The standard InChI is InChI=1S/C16H16N4O3S/c1-9-6-10(2)20-16(17-9)18-14(19-20)7-15(22)23-8-12(21)13-5-4-11(3)24-13/h4-6H,7-8H2,1-3H3. The summed E-state index contributed by atoms with van der Waals surface area (Å²) in [5.41, 5.74) is 1.71. The summed E-state index contributed by atoms with van der Waals surface area (Å²) in [6.45, 7) is 5.40. The Hall–Kier alpha value is -2.61. The van der Waals surface area contributed by atoms with E-state index in [2.05, 4.69) is 15.1 Å². The lowest BCUT2D eigenvalue weighted by atomic mass is 10.3. The van der Waals surface area contributed by atoms with Gasteiger partial charge in [0.25, 0.3) is 5.78 Å². The topological polar surface area (TPSA) is 86.5 Å². The molecule has 3 heterocycles. The van der Waals surface area contributed by atoms with E-state index in [4.69, 9.17) is 4.74 Å². The van der Waals surface area contributed by atoms with Crippen molar-refractivity contribution in [2.45, 2.75) is 27.2 Å². The van der Waals surface area contributed by atoms with Gasteiger partial charge >= 0.3 is 5.97 Å². The summed E-state index contributed by atoms with van der Waals surface area (Å²) in [6, 6.07) is 5.47. The molecule has 8 heteroatoms. The number of esters is 1. The highest BCUT2D eigenvalue weighted by atomic mass is 32.1. The third-order valence-corrected chi connectivity index (χ3v) is 4.39. The molecular weight excluding hydrogens is 328 g/mol. The number of rotatable bonds is 5. The Kier molecular flexibility index (Phi) is 4.39. The molecule has 7 nitrogen and oxygen atoms in total. The van der Waals surface area contributed by atoms with Crippen molar-refractivity contribution >= 4 is 28.9 Å². The summed E-state index contributed by atoms with van der Waals surface area (Å²) < 4.78 is 6.61. The SMILES string of the molecule is Cc1cc(C)n2nc(CC(=O)OCC(=O)c3ccc(C)s3)nc2n1. The molecule has 0 aliphatic heterocycles. The second-order valence-corrected chi connectivity index (χ2v) is 6.74. The molecule has 0 amide bonds. The molecule has 0 N–H and O–H groups in total. The smallest absolute Gasteiger partial charge is 0.314 e. The van der Waals surface area contributed by atoms with Crippen molar-refractivity contribution in [3.8, 4) is 0 Å². The van der Waals surface area contributed by atoms with Gasteiger partial charge in [-0.1, -0.05) is 0 Å². The highest BCUT2D eigenvalue weighted by molar-refractivity contribution is 7.14. The Morgan fingerprint density at radius 1 is 1.21 bits per heavy atom. The maximum atomic E-state index is 11.9. The van der Waals surface area contributed by atoms with Crippen LogP contribution >= 0.6 is 11.3 Å². The fraction of sp³-hybridized carbons (Fsp3) is 0.312. The van der Waals surface area contributed by atoms with E-state index < -0.39 is 5.97 Å². The lowest BCUT2D eigenvalue weighted by Crippen LogP contribution is -2.15. The average Bonchev–Trinajstić information content (AvgIpc) is 3.11. The van der Waals surface area contributed by atoms with Gasteiger partial charge in [-0.15, -0.1) is 16.4 Å². The first kappa shape index (κ1) is 16.3. The van der Waals surface area contributed by atoms with E-state index in [1.54, 1.807) is 10.6 Å². The van der Waals surface area contributed by atoms with Gasteiger partial charge in [-0.25, -0.2) is 9.50 Å². The lowest BCUT2D eigenvalue weighted by molar-refractivity contribution is -0.141. The quantitative estimate of drug-likeness (QED) is 0.520. The van der Waals surface area contributed by atoms with E-state index in [9.17, 15) is 9.59 Å². The molecule has 0 aliphatic carbocycles. The van der Waals surface area contributed by atoms with Gasteiger partial charge in [-0.3, -0.25) is 9.59 Å². The van der Waals surface area contributed by atoms with Crippen molar-refractivity contribution in [1.29, 1.82) is 0 Å². The number of fused-ring (bicyclic) bond motifs is 1. The molecule has 0 aliphatic rings. The monoisotopic (exact) mass is 344 g/mol. The highest BCUT2D eigenvalue weighted by Crippen LogP contribution is 2.15. The first-order valence-corrected chi connectivity index (χ1v) is 8.19. The van der Waals surface area contributed by atoms with E-state index in [-0.39, 0.29) is 18.8 Å². The van der Waals surface area contributed by atoms with E-state index in [1.165, 1.54) is 11.3 Å². The van der Waals surface area contributed by atoms with Gasteiger partial charge in [-0.2, -0.15) is 4.98 Å². The molecule has 0 aromatic carbocycles. The van der Waals surface area contributed by atoms with Crippen LogP contribution in [0.5, 0.6) is 0 Å². The Bertz CT molecular complexity index is 929. The largest absolute Gasteiger partial charge is 0.457 e. The summed E-state index contributed by atoms with van der Waals surface area (Å²) in [5, 5.41) is 4.24. The maximum Gasteiger partial charge on any atom is 0.314 e. The van der Waals surface area contributed by atoms with Gasteiger partial charge in [0.05, 0.1) is 4.88 Å². The molecular formula is C16H16N4O3S. The molecule has 0 spiro atoms. The molecule has 24 heavy (non-hydrogen) atoms. The summed E-state index contributed by atoms with van der Waals surface area (Å²) in [7, 11) is 0. The second kappa shape index (κ2) is 6.48. The van der Waals surface area contributed by atoms with Crippen LogP contribution < -0.4 is 0 Å². The van der Waals surface area contributed by atoms with Crippen LogP contribution in [0, 0.1) is 20.8 Å². The van der Waals surface area contributed by atoms with Crippen molar-refractivity contribution in [2.75, 3.05) is 6.61 Å². The molecule has 0 radical (unpaired) electrons. The van der Waals surface area contributed by atoms with Crippen LogP contribution in [0.3, 0.4) is 0 Å². The van der Waals surface area contributed by atoms with Crippen LogP contribution in [0.4, 0.5) is 0 Å².